The minimum atomic E-state index is -0.285. The lowest BCUT2D eigenvalue weighted by atomic mass is 10.1. The van der Waals surface area contributed by atoms with Gasteiger partial charge in [-0.1, -0.05) is 50.1 Å². The molecule has 1 rings (SSSR count). The summed E-state index contributed by atoms with van der Waals surface area (Å²) in [6.07, 6.45) is 0.828. The van der Waals surface area contributed by atoms with E-state index in [1.165, 1.54) is 6.92 Å². The van der Waals surface area contributed by atoms with Gasteiger partial charge in [0, 0.05) is 17.1 Å². The summed E-state index contributed by atoms with van der Waals surface area (Å²) >= 11 is 6.92. The molecule has 1 aromatic carbocycles. The summed E-state index contributed by atoms with van der Waals surface area (Å²) in [6, 6.07) is 7.58. The fraction of sp³-hybridized carbons (Fsp3) is 0.364. The van der Waals surface area contributed by atoms with E-state index in [2.05, 4.69) is 31.9 Å². The van der Waals surface area contributed by atoms with Crippen LogP contribution in [0.3, 0.4) is 0 Å². The molecule has 0 amide bonds. The Morgan fingerprint density at radius 2 is 2.13 bits per heavy atom. The van der Waals surface area contributed by atoms with E-state index < -0.39 is 0 Å². The minimum absolute atomic E-state index is 0.285. The minimum Gasteiger partial charge on any atom is -0.426 e. The maximum Gasteiger partial charge on any atom is 0.308 e. The number of carbonyl (C=O) groups is 1. The molecule has 0 aliphatic heterocycles. The smallest absolute Gasteiger partial charge is 0.308 e. The van der Waals surface area contributed by atoms with E-state index >= 15 is 0 Å². The number of halogens is 2. The van der Waals surface area contributed by atoms with E-state index in [1.54, 1.807) is 0 Å². The normalized spacial score (nSPS) is 12.2. The third-order valence-electron chi connectivity index (χ3n) is 1.84. The number of ether oxygens (including phenoxy) is 1. The molecule has 0 heterocycles. The highest BCUT2D eigenvalue weighted by Crippen LogP contribution is 2.22. The number of alkyl halides is 2. The Morgan fingerprint density at radius 1 is 1.47 bits per heavy atom. The first kappa shape index (κ1) is 12.7. The summed E-state index contributed by atoms with van der Waals surface area (Å²) < 4.78 is 5.12. The fourth-order valence-electron chi connectivity index (χ4n) is 1.22. The molecule has 0 saturated heterocycles. The van der Waals surface area contributed by atoms with Gasteiger partial charge in [0.25, 0.3) is 0 Å². The van der Waals surface area contributed by atoms with Crippen LogP contribution < -0.4 is 4.74 Å². The van der Waals surface area contributed by atoms with Crippen LogP contribution in [0.25, 0.3) is 0 Å². The summed E-state index contributed by atoms with van der Waals surface area (Å²) in [4.78, 5) is 11.2. The molecule has 0 radical (unpaired) electrons. The third-order valence-corrected chi connectivity index (χ3v) is 4.13. The zero-order chi connectivity index (χ0) is 11.3. The number of rotatable bonds is 4. The average Bonchev–Trinajstić information content (AvgIpc) is 2.20. The highest BCUT2D eigenvalue weighted by atomic mass is 79.9. The van der Waals surface area contributed by atoms with E-state index in [4.69, 9.17) is 4.74 Å². The van der Waals surface area contributed by atoms with E-state index in [9.17, 15) is 4.79 Å². The second-order valence-corrected chi connectivity index (χ2v) is 5.10. The van der Waals surface area contributed by atoms with Crippen LogP contribution in [-0.2, 0) is 11.2 Å². The lowest BCUT2D eigenvalue weighted by Gasteiger charge is -2.10. The predicted octanol–water partition coefficient (Wildman–Crippen LogP) is 3.31. The zero-order valence-corrected chi connectivity index (χ0v) is 11.5. The van der Waals surface area contributed by atoms with Crippen LogP contribution in [0, 0.1) is 0 Å². The van der Waals surface area contributed by atoms with E-state index in [0.29, 0.717) is 10.6 Å². The molecule has 2 nitrogen and oxygen atoms in total. The Labute approximate surface area is 106 Å². The van der Waals surface area contributed by atoms with Crippen molar-refractivity contribution in [1.82, 2.24) is 0 Å². The van der Waals surface area contributed by atoms with Gasteiger partial charge < -0.3 is 4.74 Å². The molecule has 0 N–H and O–H groups in total. The molecule has 1 aromatic rings. The number of para-hydroxylation sites is 1. The van der Waals surface area contributed by atoms with Gasteiger partial charge in [-0.05, 0) is 18.1 Å². The molecule has 0 bridgehead atoms. The summed E-state index contributed by atoms with van der Waals surface area (Å²) in [5.41, 5.74) is 1.04. The standard InChI is InChI=1S/C11H12Br2O2/c1-8(14)15-11-5-3-2-4-9(11)6-10(13)7-12/h2-5,10H,6-7H2,1H3/t10-/m0/s1. The van der Waals surface area contributed by atoms with Crippen molar-refractivity contribution in [3.8, 4) is 5.75 Å². The molecule has 0 fully saturated rings. The lowest BCUT2D eigenvalue weighted by molar-refractivity contribution is -0.131. The van der Waals surface area contributed by atoms with Gasteiger partial charge in [-0.25, -0.2) is 0 Å². The zero-order valence-electron chi connectivity index (χ0n) is 8.37. The summed E-state index contributed by atoms with van der Waals surface area (Å²) in [5, 5.41) is 0.863. The van der Waals surface area contributed by atoms with Crippen molar-refractivity contribution >= 4 is 37.8 Å². The van der Waals surface area contributed by atoms with Crippen molar-refractivity contribution in [3.63, 3.8) is 0 Å². The van der Waals surface area contributed by atoms with Gasteiger partial charge >= 0.3 is 5.97 Å². The van der Waals surface area contributed by atoms with Gasteiger partial charge in [0.05, 0.1) is 0 Å². The molecule has 0 aromatic heterocycles. The SMILES string of the molecule is CC(=O)Oc1ccccc1C[C@H](Br)CBr. The van der Waals surface area contributed by atoms with Crippen molar-refractivity contribution in [2.75, 3.05) is 5.33 Å². The van der Waals surface area contributed by atoms with E-state index in [-0.39, 0.29) is 5.97 Å². The highest BCUT2D eigenvalue weighted by Gasteiger charge is 2.09. The number of hydrogen-bond donors (Lipinski definition) is 0. The maximum absolute atomic E-state index is 10.9. The second kappa shape index (κ2) is 6.28. The van der Waals surface area contributed by atoms with Crippen LogP contribution in [0.1, 0.15) is 12.5 Å². The van der Waals surface area contributed by atoms with Crippen molar-refractivity contribution in [2.24, 2.45) is 0 Å². The summed E-state index contributed by atoms with van der Waals surface area (Å²) in [6.45, 7) is 1.41. The number of carbonyl (C=O) groups excluding carboxylic acids is 1. The monoisotopic (exact) mass is 334 g/mol. The van der Waals surface area contributed by atoms with Crippen LogP contribution in [0.4, 0.5) is 0 Å². The largest absolute Gasteiger partial charge is 0.426 e. The molecule has 1 atom stereocenters. The van der Waals surface area contributed by atoms with Crippen molar-refractivity contribution in [2.45, 2.75) is 18.2 Å². The van der Waals surface area contributed by atoms with Crippen molar-refractivity contribution < 1.29 is 9.53 Å². The molecule has 15 heavy (non-hydrogen) atoms. The van der Waals surface area contributed by atoms with Gasteiger partial charge in [-0.2, -0.15) is 0 Å². The average molecular weight is 336 g/mol. The molecule has 0 unspecified atom stereocenters. The molecule has 82 valence electrons. The van der Waals surface area contributed by atoms with Crippen molar-refractivity contribution in [1.29, 1.82) is 0 Å². The van der Waals surface area contributed by atoms with Crippen LogP contribution in [0.15, 0.2) is 24.3 Å². The number of esters is 1. The first-order valence-electron chi connectivity index (χ1n) is 4.60. The number of hydrogen-bond acceptors (Lipinski definition) is 2. The van der Waals surface area contributed by atoms with Crippen LogP contribution in [-0.4, -0.2) is 16.1 Å². The molecular weight excluding hydrogens is 324 g/mol. The Balaban J connectivity index is 2.81. The van der Waals surface area contributed by atoms with E-state index in [1.807, 2.05) is 24.3 Å². The summed E-state index contributed by atoms with van der Waals surface area (Å²) in [7, 11) is 0. The first-order chi connectivity index (χ1) is 7.13. The molecule has 0 aliphatic carbocycles. The van der Waals surface area contributed by atoms with E-state index in [0.717, 1.165) is 17.3 Å². The Hall–Kier alpha value is -0.350. The van der Waals surface area contributed by atoms with Gasteiger partial charge in [-0.3, -0.25) is 4.79 Å². The second-order valence-electron chi connectivity index (χ2n) is 3.16. The van der Waals surface area contributed by atoms with Crippen LogP contribution in [0.5, 0.6) is 5.75 Å². The fourth-order valence-corrected chi connectivity index (χ4v) is 1.80. The predicted molar refractivity (Wildman–Crippen MR) is 68.0 cm³/mol. The van der Waals surface area contributed by atoms with Gasteiger partial charge in [0.2, 0.25) is 0 Å². The lowest BCUT2D eigenvalue weighted by Crippen LogP contribution is -2.08. The first-order valence-corrected chi connectivity index (χ1v) is 6.63. The Bertz CT molecular complexity index is 339. The molecule has 0 saturated carbocycles. The molecule has 0 spiro atoms. The van der Waals surface area contributed by atoms with Gasteiger partial charge in [-0.15, -0.1) is 0 Å². The number of benzene rings is 1. The Kier molecular flexibility index (Phi) is 5.32. The highest BCUT2D eigenvalue weighted by molar-refractivity contribution is 9.12. The third kappa shape index (κ3) is 4.34. The quantitative estimate of drug-likeness (QED) is 0.479. The summed E-state index contributed by atoms with van der Waals surface area (Å²) in [5.74, 6) is 0.364. The topological polar surface area (TPSA) is 26.3 Å². The van der Waals surface area contributed by atoms with Gasteiger partial charge in [0.1, 0.15) is 5.75 Å². The van der Waals surface area contributed by atoms with Crippen LogP contribution in [0.2, 0.25) is 0 Å². The van der Waals surface area contributed by atoms with Crippen molar-refractivity contribution in [3.05, 3.63) is 29.8 Å². The molecular formula is C11H12Br2O2. The molecule has 0 aliphatic rings. The maximum atomic E-state index is 10.9. The van der Waals surface area contributed by atoms with Crippen LogP contribution >= 0.6 is 31.9 Å². The van der Waals surface area contributed by atoms with Gasteiger partial charge in [0.15, 0.2) is 0 Å². The Morgan fingerprint density at radius 3 is 2.73 bits per heavy atom. The molecule has 4 heteroatoms.